The third-order valence-electron chi connectivity index (χ3n) is 6.29. The zero-order chi connectivity index (χ0) is 28.2. The fraction of sp³-hybridized carbons (Fsp3) is 0.344. The summed E-state index contributed by atoms with van der Waals surface area (Å²) < 4.78 is 16.6. The topological polar surface area (TPSA) is 56.8 Å². The summed E-state index contributed by atoms with van der Waals surface area (Å²) in [6, 6.07) is 19.0. The van der Waals surface area contributed by atoms with Crippen LogP contribution in [0.3, 0.4) is 0 Å². The molecule has 5 nitrogen and oxygen atoms in total. The van der Waals surface area contributed by atoms with Gasteiger partial charge in [0.2, 0.25) is 0 Å². The molecule has 0 aliphatic carbocycles. The third kappa shape index (κ3) is 9.98. The van der Waals surface area contributed by atoms with Crippen LogP contribution in [0.4, 0.5) is 0 Å². The monoisotopic (exact) mass is 597 g/mol. The number of benzene rings is 3. The average Bonchev–Trinajstić information content (AvgIpc) is 2.95. The van der Waals surface area contributed by atoms with E-state index in [1.807, 2.05) is 54.6 Å². The Morgan fingerprint density at radius 3 is 2.58 bits per heavy atom. The minimum Gasteiger partial charge on any atom is -0.494 e. The summed E-state index contributed by atoms with van der Waals surface area (Å²) in [5.41, 5.74) is 1.74. The highest BCUT2D eigenvalue weighted by Gasteiger charge is 2.13. The van der Waals surface area contributed by atoms with E-state index in [2.05, 4.69) is 17.2 Å². The molecule has 0 bridgehead atoms. The van der Waals surface area contributed by atoms with E-state index in [4.69, 9.17) is 37.4 Å². The van der Waals surface area contributed by atoms with Crippen LogP contribution >= 0.6 is 35.0 Å². The third-order valence-corrected chi connectivity index (χ3v) is 7.80. The Bertz CT molecular complexity index is 1330. The Morgan fingerprint density at radius 1 is 1.00 bits per heavy atom. The molecular formula is C32H33Cl2NO4S. The largest absolute Gasteiger partial charge is 0.494 e. The standard InChI is InChI=1S/C32H33Cl2NO4S/c1-2-37-32(36)22-39-31-14-13-28(20-30(31)34)40-29-18-25(8-7-23-9-11-26(33)12-10-23)17-27(19-29)38-16-4-6-24-5-3-15-35-21-24/h9-14,17-20,24,35H,2-6,15-16,21-22H2,1H3. The highest BCUT2D eigenvalue weighted by atomic mass is 35.5. The Labute approximate surface area is 250 Å². The lowest BCUT2D eigenvalue weighted by atomic mass is 9.95. The van der Waals surface area contributed by atoms with Gasteiger partial charge in [0, 0.05) is 25.9 Å². The molecule has 1 atom stereocenters. The first-order valence-corrected chi connectivity index (χ1v) is 15.1. The van der Waals surface area contributed by atoms with Crippen molar-refractivity contribution in [3.63, 3.8) is 0 Å². The van der Waals surface area contributed by atoms with Gasteiger partial charge in [-0.05, 0) is 112 Å². The molecular weight excluding hydrogens is 565 g/mol. The second kappa shape index (κ2) is 15.8. The van der Waals surface area contributed by atoms with Gasteiger partial charge in [0.05, 0.1) is 18.2 Å². The number of rotatable bonds is 11. The molecule has 1 N–H and O–H groups in total. The van der Waals surface area contributed by atoms with Crippen molar-refractivity contribution in [1.82, 2.24) is 5.32 Å². The maximum atomic E-state index is 11.6. The fourth-order valence-corrected chi connectivity index (χ4v) is 5.71. The van der Waals surface area contributed by atoms with Gasteiger partial charge in [0.1, 0.15) is 11.5 Å². The van der Waals surface area contributed by atoms with Gasteiger partial charge < -0.3 is 19.5 Å². The normalized spacial score (nSPS) is 14.6. The molecule has 1 heterocycles. The maximum absolute atomic E-state index is 11.6. The minimum absolute atomic E-state index is 0.188. The first-order valence-electron chi connectivity index (χ1n) is 13.5. The molecule has 1 aliphatic heterocycles. The summed E-state index contributed by atoms with van der Waals surface area (Å²) in [5, 5.41) is 4.58. The van der Waals surface area contributed by atoms with Crippen LogP contribution < -0.4 is 14.8 Å². The van der Waals surface area contributed by atoms with Crippen LogP contribution in [0.25, 0.3) is 0 Å². The number of piperidine rings is 1. The first kappa shape index (κ1) is 30.1. The van der Waals surface area contributed by atoms with Crippen molar-refractivity contribution >= 4 is 40.9 Å². The number of hydrogen-bond acceptors (Lipinski definition) is 6. The number of carbonyl (C=O) groups is 1. The molecule has 0 aromatic heterocycles. The number of hydrogen-bond donors (Lipinski definition) is 1. The van der Waals surface area contributed by atoms with Crippen molar-refractivity contribution in [2.24, 2.45) is 5.92 Å². The summed E-state index contributed by atoms with van der Waals surface area (Å²) in [7, 11) is 0. The summed E-state index contributed by atoms with van der Waals surface area (Å²) >= 11 is 14.0. The van der Waals surface area contributed by atoms with Gasteiger partial charge in [0.25, 0.3) is 0 Å². The van der Waals surface area contributed by atoms with E-state index >= 15 is 0 Å². The van der Waals surface area contributed by atoms with E-state index in [-0.39, 0.29) is 6.61 Å². The second-order valence-corrected chi connectivity index (χ2v) is 11.4. The fourth-order valence-electron chi connectivity index (χ4n) is 4.33. The summed E-state index contributed by atoms with van der Waals surface area (Å²) in [4.78, 5) is 13.5. The molecule has 4 rings (SSSR count). The Morgan fingerprint density at radius 2 is 1.82 bits per heavy atom. The molecule has 1 fully saturated rings. The lowest BCUT2D eigenvalue weighted by molar-refractivity contribution is -0.145. The smallest absolute Gasteiger partial charge is 0.344 e. The Hall–Kier alpha value is -2.82. The molecule has 1 unspecified atom stereocenters. The van der Waals surface area contributed by atoms with Crippen molar-refractivity contribution < 1.29 is 19.0 Å². The molecule has 0 radical (unpaired) electrons. The van der Waals surface area contributed by atoms with Crippen LogP contribution in [0.2, 0.25) is 10.0 Å². The van der Waals surface area contributed by atoms with E-state index in [1.165, 1.54) is 12.8 Å². The molecule has 1 aliphatic rings. The number of carbonyl (C=O) groups excluding carboxylic acids is 1. The summed E-state index contributed by atoms with van der Waals surface area (Å²) in [5.74, 6) is 7.98. The van der Waals surface area contributed by atoms with E-state index in [1.54, 1.807) is 24.8 Å². The highest BCUT2D eigenvalue weighted by Crippen LogP contribution is 2.36. The second-order valence-electron chi connectivity index (χ2n) is 9.44. The van der Waals surface area contributed by atoms with Crippen LogP contribution in [0.1, 0.15) is 43.7 Å². The zero-order valence-electron chi connectivity index (χ0n) is 22.5. The molecule has 210 valence electrons. The van der Waals surface area contributed by atoms with Crippen molar-refractivity contribution in [1.29, 1.82) is 0 Å². The molecule has 3 aromatic rings. The SMILES string of the molecule is CCOC(=O)COc1ccc(Sc2cc(C#Cc3ccc(Cl)cc3)cc(OCCCC3CCCNC3)c2)cc1Cl. The number of halogens is 2. The van der Waals surface area contributed by atoms with E-state index in [9.17, 15) is 4.79 Å². The number of esters is 1. The molecule has 0 amide bonds. The lowest BCUT2D eigenvalue weighted by Crippen LogP contribution is -2.29. The molecule has 8 heteroatoms. The summed E-state index contributed by atoms with van der Waals surface area (Å²) in [6.07, 6.45) is 4.72. The van der Waals surface area contributed by atoms with Crippen LogP contribution in [0.15, 0.2) is 70.5 Å². The van der Waals surface area contributed by atoms with Crippen molar-refractivity contribution in [2.45, 2.75) is 42.4 Å². The van der Waals surface area contributed by atoms with Crippen molar-refractivity contribution in [3.8, 4) is 23.3 Å². The van der Waals surface area contributed by atoms with Gasteiger partial charge in [-0.1, -0.05) is 46.8 Å². The molecule has 0 spiro atoms. The maximum Gasteiger partial charge on any atom is 0.344 e. The first-order chi connectivity index (χ1) is 19.5. The molecule has 1 saturated heterocycles. The predicted molar refractivity (Wildman–Crippen MR) is 162 cm³/mol. The van der Waals surface area contributed by atoms with Gasteiger partial charge >= 0.3 is 5.97 Å². The van der Waals surface area contributed by atoms with E-state index < -0.39 is 5.97 Å². The van der Waals surface area contributed by atoms with Gasteiger partial charge in [-0.25, -0.2) is 4.79 Å². The number of nitrogens with one attached hydrogen (secondary N) is 1. The van der Waals surface area contributed by atoms with Crippen LogP contribution in [-0.4, -0.2) is 38.9 Å². The number of ether oxygens (including phenoxy) is 3. The quantitative estimate of drug-likeness (QED) is 0.139. The molecule has 3 aromatic carbocycles. The lowest BCUT2D eigenvalue weighted by Gasteiger charge is -2.22. The molecule has 0 saturated carbocycles. The molecule has 40 heavy (non-hydrogen) atoms. The predicted octanol–water partition coefficient (Wildman–Crippen LogP) is 7.64. The zero-order valence-corrected chi connectivity index (χ0v) is 24.8. The van der Waals surface area contributed by atoms with Crippen LogP contribution in [0, 0.1) is 17.8 Å². The van der Waals surface area contributed by atoms with Crippen LogP contribution in [-0.2, 0) is 9.53 Å². The van der Waals surface area contributed by atoms with Gasteiger partial charge in [0.15, 0.2) is 6.61 Å². The van der Waals surface area contributed by atoms with E-state index in [0.717, 1.165) is 58.5 Å². The van der Waals surface area contributed by atoms with Gasteiger partial charge in [-0.2, -0.15) is 0 Å². The van der Waals surface area contributed by atoms with Gasteiger partial charge in [-0.15, -0.1) is 0 Å². The Balaban J connectivity index is 1.46. The van der Waals surface area contributed by atoms with Gasteiger partial charge in [-0.3, -0.25) is 0 Å². The van der Waals surface area contributed by atoms with Crippen molar-refractivity contribution in [2.75, 3.05) is 32.9 Å². The van der Waals surface area contributed by atoms with Crippen molar-refractivity contribution in [3.05, 3.63) is 81.8 Å². The minimum atomic E-state index is -0.434. The average molecular weight is 599 g/mol. The van der Waals surface area contributed by atoms with E-state index in [0.29, 0.717) is 29.0 Å². The Kier molecular flexibility index (Phi) is 11.9. The van der Waals surface area contributed by atoms with Crippen LogP contribution in [0.5, 0.6) is 11.5 Å². The highest BCUT2D eigenvalue weighted by molar-refractivity contribution is 7.99. The summed E-state index contributed by atoms with van der Waals surface area (Å²) in [6.45, 7) is 4.76.